The van der Waals surface area contributed by atoms with Gasteiger partial charge in [-0.25, -0.2) is 4.79 Å². The van der Waals surface area contributed by atoms with Crippen molar-refractivity contribution in [2.45, 2.75) is 13.1 Å². The molecule has 0 radical (unpaired) electrons. The Morgan fingerprint density at radius 3 is 2.71 bits per heavy atom. The second-order valence-corrected chi connectivity index (χ2v) is 4.69. The highest BCUT2D eigenvalue weighted by Gasteiger charge is 2.14. The molecule has 5 nitrogen and oxygen atoms in total. The number of hydrogen-bond donors (Lipinski definition) is 1. The Morgan fingerprint density at radius 2 is 2.05 bits per heavy atom. The Labute approximate surface area is 124 Å². The van der Waals surface area contributed by atoms with Gasteiger partial charge >= 0.3 is 6.03 Å². The summed E-state index contributed by atoms with van der Waals surface area (Å²) < 4.78 is 10.1. The fraction of sp³-hybridized carbons (Fsp3) is 0.312. The molecule has 0 unspecified atom stereocenters. The first-order chi connectivity index (χ1) is 10.3. The number of nitrogens with zero attached hydrogens (tertiary/aromatic N) is 1. The van der Waals surface area contributed by atoms with Crippen LogP contribution in [0.15, 0.2) is 53.3 Å². The molecule has 0 spiro atoms. The number of amides is 2. The molecular weight excluding hydrogens is 268 g/mol. The largest absolute Gasteiger partial charge is 0.472 e. The summed E-state index contributed by atoms with van der Waals surface area (Å²) in [5, 5.41) is 2.92. The molecule has 112 valence electrons. The van der Waals surface area contributed by atoms with Crippen LogP contribution in [-0.2, 0) is 17.8 Å². The number of carbonyl (C=O) groups excluding carboxylic acids is 1. The molecule has 5 heteroatoms. The average molecular weight is 288 g/mol. The molecule has 1 aromatic heterocycles. The number of benzene rings is 1. The van der Waals surface area contributed by atoms with Gasteiger partial charge in [-0.05, 0) is 11.6 Å². The lowest BCUT2D eigenvalue weighted by atomic mass is 10.2. The Morgan fingerprint density at radius 1 is 1.24 bits per heavy atom. The molecule has 21 heavy (non-hydrogen) atoms. The van der Waals surface area contributed by atoms with Gasteiger partial charge < -0.3 is 19.4 Å². The molecule has 1 aromatic carbocycles. The van der Waals surface area contributed by atoms with E-state index in [1.54, 1.807) is 24.5 Å². The molecule has 2 amide bonds. The third-order valence-corrected chi connectivity index (χ3v) is 3.09. The second kappa shape index (κ2) is 8.11. The number of nitrogens with one attached hydrogen (secondary N) is 1. The minimum atomic E-state index is -0.114. The quantitative estimate of drug-likeness (QED) is 0.852. The lowest BCUT2D eigenvalue weighted by Crippen LogP contribution is -2.40. The van der Waals surface area contributed by atoms with Gasteiger partial charge in [0.2, 0.25) is 0 Å². The number of methoxy groups -OCH3 is 1. The smallest absolute Gasteiger partial charge is 0.318 e. The minimum Gasteiger partial charge on any atom is -0.472 e. The van der Waals surface area contributed by atoms with Crippen LogP contribution in [-0.4, -0.2) is 31.2 Å². The summed E-state index contributed by atoms with van der Waals surface area (Å²) in [6, 6.07) is 11.6. The summed E-state index contributed by atoms with van der Waals surface area (Å²) in [4.78, 5) is 14.0. The topological polar surface area (TPSA) is 54.7 Å². The van der Waals surface area contributed by atoms with Gasteiger partial charge in [0.1, 0.15) is 0 Å². The predicted molar refractivity (Wildman–Crippen MR) is 79.7 cm³/mol. The van der Waals surface area contributed by atoms with E-state index in [1.165, 1.54) is 0 Å². The van der Waals surface area contributed by atoms with Gasteiger partial charge in [0.25, 0.3) is 0 Å². The van der Waals surface area contributed by atoms with E-state index < -0.39 is 0 Å². The van der Waals surface area contributed by atoms with Crippen LogP contribution < -0.4 is 5.32 Å². The monoisotopic (exact) mass is 288 g/mol. The third kappa shape index (κ3) is 4.96. The molecule has 0 saturated heterocycles. The van der Waals surface area contributed by atoms with Gasteiger partial charge in [0.05, 0.1) is 25.7 Å². The van der Waals surface area contributed by atoms with Crippen molar-refractivity contribution < 1.29 is 13.9 Å². The highest BCUT2D eigenvalue weighted by molar-refractivity contribution is 5.74. The summed E-state index contributed by atoms with van der Waals surface area (Å²) in [7, 11) is 1.62. The van der Waals surface area contributed by atoms with E-state index in [4.69, 9.17) is 9.15 Å². The van der Waals surface area contributed by atoms with E-state index in [0.717, 1.165) is 11.1 Å². The average Bonchev–Trinajstić information content (AvgIpc) is 3.03. The maximum Gasteiger partial charge on any atom is 0.318 e. The number of ether oxygens (including phenoxy) is 1. The zero-order valence-electron chi connectivity index (χ0n) is 12.1. The molecule has 2 aromatic rings. The molecular formula is C16H20N2O3. The number of carbonyl (C=O) groups is 1. The fourth-order valence-electron chi connectivity index (χ4n) is 1.94. The van der Waals surface area contributed by atoms with Crippen LogP contribution in [0.2, 0.25) is 0 Å². The standard InChI is InChI=1S/C16H20N2O3/c1-20-10-8-18(12-15-7-9-21-13-15)16(19)17-11-14-5-3-2-4-6-14/h2-7,9,13H,8,10-12H2,1H3,(H,17,19). The molecule has 1 heterocycles. The number of rotatable bonds is 7. The molecule has 0 fully saturated rings. The number of furan rings is 1. The first-order valence-corrected chi connectivity index (χ1v) is 6.86. The van der Waals surface area contributed by atoms with E-state index in [-0.39, 0.29) is 6.03 Å². The van der Waals surface area contributed by atoms with Gasteiger partial charge in [-0.15, -0.1) is 0 Å². The van der Waals surface area contributed by atoms with Gasteiger partial charge in [-0.2, -0.15) is 0 Å². The van der Waals surface area contributed by atoms with Gasteiger partial charge in [-0.1, -0.05) is 30.3 Å². The van der Waals surface area contributed by atoms with Crippen LogP contribution in [0.25, 0.3) is 0 Å². The van der Waals surface area contributed by atoms with Crippen molar-refractivity contribution >= 4 is 6.03 Å². The van der Waals surface area contributed by atoms with Crippen LogP contribution in [0.4, 0.5) is 4.79 Å². The number of hydrogen-bond acceptors (Lipinski definition) is 3. The predicted octanol–water partition coefficient (Wildman–Crippen LogP) is 2.64. The Bertz CT molecular complexity index is 526. The van der Waals surface area contributed by atoms with Crippen molar-refractivity contribution in [3.63, 3.8) is 0 Å². The molecule has 0 aliphatic rings. The van der Waals surface area contributed by atoms with Crippen LogP contribution in [0, 0.1) is 0 Å². The first kappa shape index (κ1) is 15.1. The van der Waals surface area contributed by atoms with Crippen molar-refractivity contribution in [2.75, 3.05) is 20.3 Å². The first-order valence-electron chi connectivity index (χ1n) is 6.86. The fourth-order valence-corrected chi connectivity index (χ4v) is 1.94. The third-order valence-electron chi connectivity index (χ3n) is 3.09. The Hall–Kier alpha value is -2.27. The van der Waals surface area contributed by atoms with Crippen LogP contribution in [0.3, 0.4) is 0 Å². The molecule has 0 atom stereocenters. The summed E-state index contributed by atoms with van der Waals surface area (Å²) in [6.07, 6.45) is 3.25. The minimum absolute atomic E-state index is 0.114. The Balaban J connectivity index is 1.90. The summed E-state index contributed by atoms with van der Waals surface area (Å²) in [5.74, 6) is 0. The summed E-state index contributed by atoms with van der Waals surface area (Å²) in [5.41, 5.74) is 2.03. The molecule has 0 saturated carbocycles. The molecule has 0 aliphatic heterocycles. The summed E-state index contributed by atoms with van der Waals surface area (Å²) in [6.45, 7) is 2.04. The van der Waals surface area contributed by atoms with Gasteiger partial charge in [0.15, 0.2) is 0 Å². The van der Waals surface area contributed by atoms with Crippen molar-refractivity contribution in [3.8, 4) is 0 Å². The normalized spacial score (nSPS) is 10.3. The number of urea groups is 1. The van der Waals surface area contributed by atoms with E-state index in [1.807, 2.05) is 36.4 Å². The molecule has 2 rings (SSSR count). The molecule has 1 N–H and O–H groups in total. The van der Waals surface area contributed by atoms with Crippen molar-refractivity contribution in [2.24, 2.45) is 0 Å². The molecule has 0 bridgehead atoms. The zero-order chi connectivity index (χ0) is 14.9. The van der Waals surface area contributed by atoms with Crippen molar-refractivity contribution in [1.29, 1.82) is 0 Å². The van der Waals surface area contributed by atoms with E-state index in [0.29, 0.717) is 26.2 Å². The second-order valence-electron chi connectivity index (χ2n) is 4.69. The van der Waals surface area contributed by atoms with Crippen LogP contribution in [0.1, 0.15) is 11.1 Å². The van der Waals surface area contributed by atoms with Gasteiger partial charge in [-0.3, -0.25) is 0 Å². The zero-order valence-corrected chi connectivity index (χ0v) is 12.1. The SMILES string of the molecule is COCCN(Cc1ccoc1)C(=O)NCc1ccccc1. The Kier molecular flexibility index (Phi) is 5.84. The van der Waals surface area contributed by atoms with E-state index >= 15 is 0 Å². The van der Waals surface area contributed by atoms with Crippen molar-refractivity contribution in [3.05, 3.63) is 60.1 Å². The molecule has 0 aliphatic carbocycles. The van der Waals surface area contributed by atoms with Crippen LogP contribution >= 0.6 is 0 Å². The van der Waals surface area contributed by atoms with E-state index in [2.05, 4.69) is 5.32 Å². The maximum absolute atomic E-state index is 12.3. The van der Waals surface area contributed by atoms with Gasteiger partial charge in [0, 0.05) is 25.8 Å². The summed E-state index contributed by atoms with van der Waals surface area (Å²) >= 11 is 0. The van der Waals surface area contributed by atoms with E-state index in [9.17, 15) is 4.79 Å². The van der Waals surface area contributed by atoms with Crippen LogP contribution in [0.5, 0.6) is 0 Å². The lowest BCUT2D eigenvalue weighted by Gasteiger charge is -2.22. The lowest BCUT2D eigenvalue weighted by molar-refractivity contribution is 0.146. The maximum atomic E-state index is 12.3. The highest BCUT2D eigenvalue weighted by atomic mass is 16.5. The van der Waals surface area contributed by atoms with Crippen molar-refractivity contribution in [1.82, 2.24) is 10.2 Å². The highest BCUT2D eigenvalue weighted by Crippen LogP contribution is 2.06.